The zero-order valence-electron chi connectivity index (χ0n) is 13.3. The van der Waals surface area contributed by atoms with Crippen LogP contribution in [-0.4, -0.2) is 28.7 Å². The van der Waals surface area contributed by atoms with Crippen molar-refractivity contribution in [2.24, 2.45) is 0 Å². The van der Waals surface area contributed by atoms with Crippen molar-refractivity contribution in [2.45, 2.75) is 18.1 Å². The number of hydrogen-bond donors (Lipinski definition) is 2. The monoisotopic (exact) mass is 354 g/mol. The minimum absolute atomic E-state index is 0.0438. The number of ether oxygens (including phenoxy) is 2. The first-order chi connectivity index (χ1) is 12.0. The van der Waals surface area contributed by atoms with Crippen molar-refractivity contribution in [1.29, 1.82) is 10.5 Å². The van der Waals surface area contributed by atoms with E-state index in [1.54, 1.807) is 25.1 Å². The van der Waals surface area contributed by atoms with Crippen molar-refractivity contribution in [3.8, 4) is 34.8 Å². The van der Waals surface area contributed by atoms with Crippen molar-refractivity contribution in [1.82, 2.24) is 4.98 Å². The molecule has 1 aliphatic heterocycles. The highest BCUT2D eigenvalue weighted by Crippen LogP contribution is 2.40. The average Bonchev–Trinajstić information content (AvgIpc) is 3.06. The summed E-state index contributed by atoms with van der Waals surface area (Å²) in [6.07, 6.45) is -0.566. The van der Waals surface area contributed by atoms with Gasteiger partial charge < -0.3 is 20.3 Å². The third kappa shape index (κ3) is 3.18. The van der Waals surface area contributed by atoms with Gasteiger partial charge in [-0.25, -0.2) is 4.98 Å². The maximum Gasteiger partial charge on any atom is 0.231 e. The molecular weight excluding hydrogens is 340 g/mol. The number of pyridine rings is 1. The number of nitrogens with two attached hydrogens (primary N) is 1. The van der Waals surface area contributed by atoms with Gasteiger partial charge >= 0.3 is 0 Å². The van der Waals surface area contributed by atoms with Crippen LogP contribution in [0.3, 0.4) is 0 Å². The Morgan fingerprint density at radius 2 is 2.00 bits per heavy atom. The molecule has 0 aliphatic carbocycles. The van der Waals surface area contributed by atoms with E-state index >= 15 is 0 Å². The number of fused-ring (bicyclic) bond motifs is 1. The van der Waals surface area contributed by atoms with Crippen LogP contribution in [0.2, 0.25) is 0 Å². The summed E-state index contributed by atoms with van der Waals surface area (Å²) in [6.45, 7) is 1.77. The highest BCUT2D eigenvalue weighted by atomic mass is 32.2. The molecule has 126 valence electrons. The van der Waals surface area contributed by atoms with Crippen molar-refractivity contribution in [3.63, 3.8) is 0 Å². The van der Waals surface area contributed by atoms with Crippen LogP contribution < -0.4 is 15.2 Å². The fourth-order valence-electron chi connectivity index (χ4n) is 2.44. The zero-order chi connectivity index (χ0) is 18.0. The van der Waals surface area contributed by atoms with Gasteiger partial charge in [0.2, 0.25) is 6.79 Å². The molecular formula is C17H14N4O3S. The van der Waals surface area contributed by atoms with Crippen LogP contribution in [0.15, 0.2) is 23.2 Å². The maximum absolute atomic E-state index is 9.66. The summed E-state index contributed by atoms with van der Waals surface area (Å²) in [7, 11) is 0. The number of nitrogens with zero attached hydrogens (tertiary/aromatic N) is 3. The number of anilines is 1. The molecule has 1 aromatic heterocycles. The van der Waals surface area contributed by atoms with E-state index in [1.165, 1.54) is 11.8 Å². The van der Waals surface area contributed by atoms with Crippen LogP contribution in [0.4, 0.5) is 5.82 Å². The Kier molecular flexibility index (Phi) is 4.66. The number of thioether (sulfide) groups is 1. The van der Waals surface area contributed by atoms with E-state index in [4.69, 9.17) is 15.2 Å². The lowest BCUT2D eigenvalue weighted by molar-refractivity contribution is 0.174. The fourth-order valence-corrected chi connectivity index (χ4v) is 3.30. The number of rotatable bonds is 4. The predicted octanol–water partition coefficient (Wildman–Crippen LogP) is 2.28. The first kappa shape index (κ1) is 16.9. The van der Waals surface area contributed by atoms with E-state index in [1.807, 2.05) is 6.07 Å². The van der Waals surface area contributed by atoms with Gasteiger partial charge in [-0.2, -0.15) is 10.5 Å². The molecule has 3 rings (SSSR count). The van der Waals surface area contributed by atoms with E-state index in [0.717, 1.165) is 0 Å². The van der Waals surface area contributed by atoms with Gasteiger partial charge in [-0.3, -0.25) is 0 Å². The first-order valence-corrected chi connectivity index (χ1v) is 8.38. The fraction of sp³-hybridized carbons (Fsp3) is 0.235. The summed E-state index contributed by atoms with van der Waals surface area (Å²) in [5.41, 5.74) is 7.34. The number of aliphatic hydroxyl groups excluding tert-OH is 1. The van der Waals surface area contributed by atoms with Crippen LogP contribution in [-0.2, 0) is 0 Å². The average molecular weight is 354 g/mol. The summed E-state index contributed by atoms with van der Waals surface area (Å²) in [5, 5.41) is 29.0. The molecule has 1 unspecified atom stereocenters. The van der Waals surface area contributed by atoms with Crippen molar-refractivity contribution >= 4 is 17.6 Å². The van der Waals surface area contributed by atoms with E-state index in [0.29, 0.717) is 33.4 Å². The molecule has 0 amide bonds. The smallest absolute Gasteiger partial charge is 0.231 e. The van der Waals surface area contributed by atoms with E-state index < -0.39 is 6.10 Å². The number of hydrogen-bond acceptors (Lipinski definition) is 8. The number of nitriles is 2. The highest BCUT2D eigenvalue weighted by molar-refractivity contribution is 7.99. The molecule has 0 saturated carbocycles. The SMILES string of the molecule is CC(O)CSc1nc(N)c(C#N)c(-c2ccc3c(c2)OCO3)c1C#N. The lowest BCUT2D eigenvalue weighted by Crippen LogP contribution is -2.07. The van der Waals surface area contributed by atoms with Gasteiger partial charge in [-0.05, 0) is 24.6 Å². The first-order valence-electron chi connectivity index (χ1n) is 7.39. The molecule has 8 heteroatoms. The quantitative estimate of drug-likeness (QED) is 0.801. The molecule has 3 N–H and O–H groups in total. The third-order valence-corrected chi connectivity index (χ3v) is 4.76. The zero-order valence-corrected chi connectivity index (χ0v) is 14.1. The number of aromatic nitrogens is 1. The van der Waals surface area contributed by atoms with Gasteiger partial charge in [-0.1, -0.05) is 6.07 Å². The molecule has 0 bridgehead atoms. The maximum atomic E-state index is 9.66. The normalized spacial score (nSPS) is 13.1. The summed E-state index contributed by atoms with van der Waals surface area (Å²) in [6, 6.07) is 9.31. The van der Waals surface area contributed by atoms with E-state index in [2.05, 4.69) is 11.1 Å². The van der Waals surface area contributed by atoms with Gasteiger partial charge in [-0.15, -0.1) is 11.8 Å². The molecule has 7 nitrogen and oxygen atoms in total. The van der Waals surface area contributed by atoms with Crippen LogP contribution in [0, 0.1) is 22.7 Å². The second-order valence-corrected chi connectivity index (χ2v) is 6.39. The minimum Gasteiger partial charge on any atom is -0.454 e. The van der Waals surface area contributed by atoms with Gasteiger partial charge in [0.1, 0.15) is 28.5 Å². The van der Waals surface area contributed by atoms with E-state index in [-0.39, 0.29) is 23.7 Å². The minimum atomic E-state index is -0.566. The summed E-state index contributed by atoms with van der Waals surface area (Å²) in [5.74, 6) is 1.54. The second kappa shape index (κ2) is 6.89. The molecule has 2 aromatic rings. The molecule has 1 atom stereocenters. The van der Waals surface area contributed by atoms with Gasteiger partial charge in [0.05, 0.1) is 11.7 Å². The van der Waals surface area contributed by atoms with Gasteiger partial charge in [0, 0.05) is 11.3 Å². The largest absolute Gasteiger partial charge is 0.454 e. The van der Waals surface area contributed by atoms with Crippen molar-refractivity contribution in [2.75, 3.05) is 18.3 Å². The standard InChI is InChI=1S/C17H14N4O3S/c1-9(22)7-25-17-12(6-19)15(11(5-18)16(20)21-17)10-2-3-13-14(4-10)24-8-23-13/h2-4,9,22H,7-8H2,1H3,(H2,20,21). The Hall–Kier alpha value is -2.94. The molecule has 1 aliphatic rings. The van der Waals surface area contributed by atoms with E-state index in [9.17, 15) is 15.6 Å². The van der Waals surface area contributed by atoms with Crippen LogP contribution in [0.1, 0.15) is 18.1 Å². The van der Waals surface area contributed by atoms with Crippen molar-refractivity contribution in [3.05, 3.63) is 29.3 Å². The Labute approximate surface area is 148 Å². The molecule has 0 radical (unpaired) electrons. The van der Waals surface area contributed by atoms with Gasteiger partial charge in [0.25, 0.3) is 0 Å². The highest BCUT2D eigenvalue weighted by Gasteiger charge is 2.23. The number of aliphatic hydroxyl groups is 1. The Morgan fingerprint density at radius 3 is 2.68 bits per heavy atom. The third-order valence-electron chi connectivity index (χ3n) is 3.54. The van der Waals surface area contributed by atoms with Crippen LogP contribution in [0.25, 0.3) is 11.1 Å². The summed E-state index contributed by atoms with van der Waals surface area (Å²) >= 11 is 1.22. The van der Waals surface area contributed by atoms with Gasteiger partial charge in [0.15, 0.2) is 11.5 Å². The predicted molar refractivity (Wildman–Crippen MR) is 92.0 cm³/mol. The summed E-state index contributed by atoms with van der Waals surface area (Å²) in [4.78, 5) is 4.17. The molecule has 2 heterocycles. The van der Waals surface area contributed by atoms with Crippen LogP contribution in [0.5, 0.6) is 11.5 Å². The molecule has 0 spiro atoms. The summed E-state index contributed by atoms with van der Waals surface area (Å²) < 4.78 is 10.7. The van der Waals surface area contributed by atoms with Crippen LogP contribution >= 0.6 is 11.8 Å². The van der Waals surface area contributed by atoms with Crippen molar-refractivity contribution < 1.29 is 14.6 Å². The molecule has 0 fully saturated rings. The Bertz CT molecular complexity index is 916. The number of benzene rings is 1. The lowest BCUT2D eigenvalue weighted by Gasteiger charge is -2.13. The molecule has 0 saturated heterocycles. The topological polar surface area (TPSA) is 125 Å². The number of nitrogen functional groups attached to an aromatic ring is 1. The molecule has 25 heavy (non-hydrogen) atoms. The Balaban J connectivity index is 2.20. The Morgan fingerprint density at radius 1 is 1.28 bits per heavy atom. The molecule has 1 aromatic carbocycles. The second-order valence-electron chi connectivity index (χ2n) is 5.38. The lowest BCUT2D eigenvalue weighted by atomic mass is 9.96.